The lowest BCUT2D eigenvalue weighted by Crippen LogP contribution is -1.95. The van der Waals surface area contributed by atoms with E-state index in [2.05, 4.69) is 9.97 Å². The Kier molecular flexibility index (Phi) is 3.53. The molecule has 4 heterocycles. The molecule has 0 fully saturated rings. The van der Waals surface area contributed by atoms with Crippen LogP contribution >= 0.6 is 0 Å². The Morgan fingerprint density at radius 3 is 2.81 bits per heavy atom. The number of hydrogen-bond donors (Lipinski definition) is 0. The smallest absolute Gasteiger partial charge is 0.185 e. The van der Waals surface area contributed by atoms with E-state index in [1.165, 1.54) is 6.20 Å². The number of nitrogens with zero attached hydrogens (tertiary/aromatic N) is 4. The first-order chi connectivity index (χ1) is 13.1. The van der Waals surface area contributed by atoms with E-state index in [9.17, 15) is 8.78 Å². The quantitative estimate of drug-likeness (QED) is 0.519. The first-order valence-corrected chi connectivity index (χ1v) is 8.90. The minimum absolute atomic E-state index is 0.0357. The average Bonchev–Trinajstić information content (AvgIpc) is 3.25. The van der Waals surface area contributed by atoms with Crippen LogP contribution in [0.4, 0.5) is 8.78 Å². The molecule has 3 aromatic heterocycles. The fraction of sp³-hybridized carbons (Fsp3) is 0.190. The Labute approximate surface area is 154 Å². The molecule has 4 nitrogen and oxygen atoms in total. The largest absolute Gasteiger partial charge is 0.268 e. The predicted molar refractivity (Wildman–Crippen MR) is 99.2 cm³/mol. The van der Waals surface area contributed by atoms with Crippen LogP contribution in [0.25, 0.3) is 33.4 Å². The second-order valence-electron chi connectivity index (χ2n) is 6.78. The van der Waals surface area contributed by atoms with E-state index < -0.39 is 11.6 Å². The SMILES string of the molecule is Cc1cccc(-c2nn3c(c2-c2ccnc4c(F)c(F)ccc24)CCC3)n1. The van der Waals surface area contributed by atoms with Gasteiger partial charge in [0.1, 0.15) is 11.2 Å². The fourth-order valence-electron chi connectivity index (χ4n) is 3.85. The molecule has 5 rings (SSSR count). The van der Waals surface area contributed by atoms with Crippen LogP contribution in [-0.4, -0.2) is 19.7 Å². The molecule has 1 aliphatic rings. The maximum absolute atomic E-state index is 14.3. The predicted octanol–water partition coefficient (Wildman–Crippen LogP) is 4.69. The molecular formula is C21H16F2N4. The van der Waals surface area contributed by atoms with Crippen LogP contribution < -0.4 is 0 Å². The van der Waals surface area contributed by atoms with Crippen molar-refractivity contribution in [3.8, 4) is 22.5 Å². The van der Waals surface area contributed by atoms with Crippen LogP contribution in [0.1, 0.15) is 17.8 Å². The molecule has 134 valence electrons. The van der Waals surface area contributed by atoms with Crippen molar-refractivity contribution in [2.24, 2.45) is 0 Å². The average molecular weight is 362 g/mol. The van der Waals surface area contributed by atoms with Crippen molar-refractivity contribution in [3.63, 3.8) is 0 Å². The molecule has 0 saturated carbocycles. The molecular weight excluding hydrogens is 346 g/mol. The number of benzene rings is 1. The lowest BCUT2D eigenvalue weighted by molar-refractivity contribution is 0.515. The summed E-state index contributed by atoms with van der Waals surface area (Å²) in [6.45, 7) is 2.78. The van der Waals surface area contributed by atoms with E-state index in [0.29, 0.717) is 5.39 Å². The van der Waals surface area contributed by atoms with Crippen LogP contribution in [0.5, 0.6) is 0 Å². The van der Waals surface area contributed by atoms with Gasteiger partial charge in [-0.25, -0.2) is 8.78 Å². The third-order valence-electron chi connectivity index (χ3n) is 5.05. The third kappa shape index (κ3) is 2.44. The van der Waals surface area contributed by atoms with Crippen LogP contribution in [-0.2, 0) is 13.0 Å². The normalized spacial score (nSPS) is 13.3. The highest BCUT2D eigenvalue weighted by Gasteiger charge is 2.26. The van der Waals surface area contributed by atoms with Crippen molar-refractivity contribution in [1.29, 1.82) is 0 Å². The lowest BCUT2D eigenvalue weighted by Gasteiger charge is -2.10. The standard InChI is InChI=1S/C21H16F2N4/c1-12-4-2-5-16(25-12)21-18(17-6-3-11-27(17)26-21)13-9-10-24-20-14(13)7-8-15(22)19(20)23/h2,4-5,7-10H,3,6,11H2,1H3. The van der Waals surface area contributed by atoms with Gasteiger partial charge >= 0.3 is 0 Å². The van der Waals surface area contributed by atoms with Crippen molar-refractivity contribution in [3.05, 3.63) is 65.6 Å². The van der Waals surface area contributed by atoms with E-state index in [0.717, 1.165) is 59.4 Å². The van der Waals surface area contributed by atoms with Crippen molar-refractivity contribution in [2.45, 2.75) is 26.3 Å². The van der Waals surface area contributed by atoms with Crippen LogP contribution in [0.15, 0.2) is 42.6 Å². The topological polar surface area (TPSA) is 43.6 Å². The second-order valence-corrected chi connectivity index (χ2v) is 6.78. The number of hydrogen-bond acceptors (Lipinski definition) is 3. The zero-order chi connectivity index (χ0) is 18.5. The molecule has 0 bridgehead atoms. The van der Waals surface area contributed by atoms with Crippen LogP contribution in [0, 0.1) is 18.6 Å². The summed E-state index contributed by atoms with van der Waals surface area (Å²) in [5.41, 5.74) is 5.33. The Bertz CT molecular complexity index is 1200. The highest BCUT2D eigenvalue weighted by molar-refractivity contribution is 5.98. The first kappa shape index (κ1) is 16.1. The minimum Gasteiger partial charge on any atom is -0.268 e. The first-order valence-electron chi connectivity index (χ1n) is 8.90. The second kappa shape index (κ2) is 5.94. The van der Waals surface area contributed by atoms with Gasteiger partial charge in [0.15, 0.2) is 11.6 Å². The number of fused-ring (bicyclic) bond motifs is 2. The van der Waals surface area contributed by atoms with Gasteiger partial charge in [-0.3, -0.25) is 14.6 Å². The van der Waals surface area contributed by atoms with E-state index in [1.54, 1.807) is 6.07 Å². The summed E-state index contributed by atoms with van der Waals surface area (Å²) in [5, 5.41) is 5.37. The van der Waals surface area contributed by atoms with E-state index in [4.69, 9.17) is 5.10 Å². The molecule has 0 spiro atoms. The molecule has 0 atom stereocenters. The van der Waals surface area contributed by atoms with Gasteiger partial charge in [0.25, 0.3) is 0 Å². The van der Waals surface area contributed by atoms with Crippen molar-refractivity contribution in [2.75, 3.05) is 0 Å². The molecule has 0 unspecified atom stereocenters. The van der Waals surface area contributed by atoms with E-state index in [1.807, 2.05) is 35.9 Å². The van der Waals surface area contributed by atoms with Gasteiger partial charge in [0.2, 0.25) is 0 Å². The number of aryl methyl sites for hydroxylation is 2. The summed E-state index contributed by atoms with van der Waals surface area (Å²) in [4.78, 5) is 8.69. The monoisotopic (exact) mass is 362 g/mol. The number of aromatic nitrogens is 4. The molecule has 0 N–H and O–H groups in total. The molecule has 0 radical (unpaired) electrons. The Morgan fingerprint density at radius 2 is 1.96 bits per heavy atom. The third-order valence-corrected chi connectivity index (χ3v) is 5.05. The number of rotatable bonds is 2. The highest BCUT2D eigenvalue weighted by Crippen LogP contribution is 2.40. The summed E-state index contributed by atoms with van der Waals surface area (Å²) in [6.07, 6.45) is 3.43. The molecule has 0 saturated heterocycles. The summed E-state index contributed by atoms with van der Waals surface area (Å²) < 4.78 is 30.0. The van der Waals surface area contributed by atoms with Crippen molar-refractivity contribution >= 4 is 10.9 Å². The van der Waals surface area contributed by atoms with Crippen LogP contribution in [0.2, 0.25) is 0 Å². The van der Waals surface area contributed by atoms with Gasteiger partial charge in [0.05, 0.1) is 5.69 Å². The zero-order valence-corrected chi connectivity index (χ0v) is 14.7. The van der Waals surface area contributed by atoms with E-state index >= 15 is 0 Å². The van der Waals surface area contributed by atoms with Gasteiger partial charge in [-0.2, -0.15) is 5.10 Å². The maximum Gasteiger partial charge on any atom is 0.185 e. The molecule has 1 aliphatic heterocycles. The summed E-state index contributed by atoms with van der Waals surface area (Å²) >= 11 is 0. The van der Waals surface area contributed by atoms with Crippen molar-refractivity contribution in [1.82, 2.24) is 19.7 Å². The summed E-state index contributed by atoms with van der Waals surface area (Å²) in [5.74, 6) is -1.82. The number of pyridine rings is 2. The zero-order valence-electron chi connectivity index (χ0n) is 14.7. The molecule has 27 heavy (non-hydrogen) atoms. The maximum atomic E-state index is 14.3. The molecule has 4 aromatic rings. The molecule has 0 amide bonds. The fourth-order valence-corrected chi connectivity index (χ4v) is 3.85. The van der Waals surface area contributed by atoms with Gasteiger partial charge in [-0.15, -0.1) is 0 Å². The van der Waals surface area contributed by atoms with Gasteiger partial charge in [-0.05, 0) is 55.7 Å². The minimum atomic E-state index is -0.923. The Morgan fingerprint density at radius 1 is 1.07 bits per heavy atom. The molecule has 0 aliphatic carbocycles. The highest BCUT2D eigenvalue weighted by atomic mass is 19.2. The van der Waals surface area contributed by atoms with Gasteiger partial charge in [0, 0.05) is 35.1 Å². The molecule has 6 heteroatoms. The molecule has 1 aromatic carbocycles. The van der Waals surface area contributed by atoms with Crippen molar-refractivity contribution < 1.29 is 8.78 Å². The summed E-state index contributed by atoms with van der Waals surface area (Å²) in [7, 11) is 0. The number of halogens is 2. The Hall–Kier alpha value is -3.15. The van der Waals surface area contributed by atoms with Gasteiger partial charge < -0.3 is 0 Å². The van der Waals surface area contributed by atoms with Gasteiger partial charge in [-0.1, -0.05) is 6.07 Å². The van der Waals surface area contributed by atoms with Crippen LogP contribution in [0.3, 0.4) is 0 Å². The van der Waals surface area contributed by atoms with E-state index in [-0.39, 0.29) is 5.52 Å². The lowest BCUT2D eigenvalue weighted by atomic mass is 9.96. The summed E-state index contributed by atoms with van der Waals surface area (Å²) in [6, 6.07) is 10.4. The Balaban J connectivity index is 1.84.